The second-order valence-corrected chi connectivity index (χ2v) is 6.21. The van der Waals surface area contributed by atoms with Crippen LogP contribution in [-0.4, -0.2) is 60.0 Å². The molecule has 0 aliphatic carbocycles. The summed E-state index contributed by atoms with van der Waals surface area (Å²) >= 11 is 0. The predicted octanol–water partition coefficient (Wildman–Crippen LogP) is 1.67. The molecule has 2 aliphatic rings. The molecule has 0 atom stereocenters. The number of aromatic nitrogens is 1. The number of ether oxygens (including phenoxy) is 2. The molecule has 0 unspecified atom stereocenters. The van der Waals surface area contributed by atoms with Crippen LogP contribution < -0.4 is 14.8 Å². The molecule has 8 nitrogen and oxygen atoms in total. The number of pyridine rings is 1. The first kappa shape index (κ1) is 18.0. The summed E-state index contributed by atoms with van der Waals surface area (Å²) in [6.45, 7) is 1.38. The van der Waals surface area contributed by atoms with Crippen molar-refractivity contribution >= 4 is 17.3 Å². The summed E-state index contributed by atoms with van der Waals surface area (Å²) in [5.74, 6) is 2.26. The maximum absolute atomic E-state index is 12.7. The maximum atomic E-state index is 12.7. The van der Waals surface area contributed by atoms with Crippen molar-refractivity contribution in [3.63, 3.8) is 0 Å². The predicted molar refractivity (Wildman–Crippen MR) is 104 cm³/mol. The average Bonchev–Trinajstić information content (AvgIpc) is 3.23. The van der Waals surface area contributed by atoms with Gasteiger partial charge >= 0.3 is 0 Å². The highest BCUT2D eigenvalue weighted by molar-refractivity contribution is 6.11. The Bertz CT molecular complexity index is 956. The van der Waals surface area contributed by atoms with Gasteiger partial charge in [-0.25, -0.2) is 0 Å². The zero-order valence-corrected chi connectivity index (χ0v) is 15.4. The van der Waals surface area contributed by atoms with Crippen LogP contribution in [0.3, 0.4) is 0 Å². The van der Waals surface area contributed by atoms with Crippen molar-refractivity contribution in [3.8, 4) is 11.5 Å². The standard InChI is InChI=1S/C20H20N4O4/c1-27-19-16(28-10-9-25)5-4-14-18(19)23-17(24-8-7-22-20(14)24)11-15(26)13-3-2-6-21-12-13/h2-6,11-12,23,25H,7-10H2,1H3. The lowest BCUT2D eigenvalue weighted by Gasteiger charge is -2.32. The number of carbonyl (C=O) groups excluding carboxylic acids is 1. The van der Waals surface area contributed by atoms with Gasteiger partial charge in [0.05, 0.1) is 25.9 Å². The van der Waals surface area contributed by atoms with Gasteiger partial charge in [-0.2, -0.15) is 0 Å². The van der Waals surface area contributed by atoms with Crippen LogP contribution in [0.2, 0.25) is 0 Å². The van der Waals surface area contributed by atoms with Crippen LogP contribution in [0.25, 0.3) is 0 Å². The van der Waals surface area contributed by atoms with Crippen LogP contribution in [0, 0.1) is 0 Å². The molecule has 0 saturated heterocycles. The Kier molecular flexibility index (Phi) is 4.94. The van der Waals surface area contributed by atoms with E-state index >= 15 is 0 Å². The van der Waals surface area contributed by atoms with E-state index in [1.807, 2.05) is 11.0 Å². The van der Waals surface area contributed by atoms with Crippen molar-refractivity contribution < 1.29 is 19.4 Å². The highest BCUT2D eigenvalue weighted by Crippen LogP contribution is 2.42. The molecule has 144 valence electrons. The number of hydrogen-bond acceptors (Lipinski definition) is 8. The van der Waals surface area contributed by atoms with Crippen molar-refractivity contribution in [2.24, 2.45) is 4.99 Å². The zero-order chi connectivity index (χ0) is 19.5. The third kappa shape index (κ3) is 3.18. The number of aliphatic hydroxyl groups is 1. The molecule has 8 heteroatoms. The molecular weight excluding hydrogens is 360 g/mol. The highest BCUT2D eigenvalue weighted by atomic mass is 16.5. The van der Waals surface area contributed by atoms with Gasteiger partial charge in [-0.05, 0) is 24.3 Å². The Balaban J connectivity index is 1.75. The number of nitrogens with zero attached hydrogens (tertiary/aromatic N) is 3. The minimum atomic E-state index is -0.156. The fourth-order valence-corrected chi connectivity index (χ4v) is 3.28. The maximum Gasteiger partial charge on any atom is 0.191 e. The van der Waals surface area contributed by atoms with Gasteiger partial charge in [-0.3, -0.25) is 14.8 Å². The number of hydrogen-bond donors (Lipinski definition) is 2. The van der Waals surface area contributed by atoms with E-state index in [9.17, 15) is 4.79 Å². The van der Waals surface area contributed by atoms with E-state index < -0.39 is 0 Å². The van der Waals surface area contributed by atoms with Crippen LogP contribution >= 0.6 is 0 Å². The number of nitrogens with one attached hydrogen (secondary N) is 1. The van der Waals surface area contributed by atoms with E-state index in [1.54, 1.807) is 37.6 Å². The van der Waals surface area contributed by atoms with Gasteiger partial charge in [0.2, 0.25) is 0 Å². The van der Waals surface area contributed by atoms with Crippen LogP contribution in [0.1, 0.15) is 15.9 Å². The third-order valence-corrected chi connectivity index (χ3v) is 4.51. The van der Waals surface area contributed by atoms with Gasteiger partial charge in [0, 0.05) is 36.1 Å². The topological polar surface area (TPSA) is 96.3 Å². The first-order chi connectivity index (χ1) is 13.7. The molecular formula is C20H20N4O4. The molecule has 0 amide bonds. The number of methoxy groups -OCH3 is 1. The second kappa shape index (κ2) is 7.69. The molecule has 0 saturated carbocycles. The number of amidine groups is 1. The van der Waals surface area contributed by atoms with Crippen LogP contribution in [0.5, 0.6) is 11.5 Å². The summed E-state index contributed by atoms with van der Waals surface area (Å²) in [4.78, 5) is 23.2. The third-order valence-electron chi connectivity index (χ3n) is 4.51. The summed E-state index contributed by atoms with van der Waals surface area (Å²) < 4.78 is 11.1. The molecule has 0 fully saturated rings. The quantitative estimate of drug-likeness (QED) is 0.581. The minimum Gasteiger partial charge on any atom is -0.491 e. The van der Waals surface area contributed by atoms with Crippen LogP contribution in [0.15, 0.2) is 53.5 Å². The van der Waals surface area contributed by atoms with Gasteiger partial charge in [0.1, 0.15) is 18.3 Å². The number of anilines is 1. The van der Waals surface area contributed by atoms with E-state index in [-0.39, 0.29) is 19.0 Å². The Morgan fingerprint density at radius 1 is 1.39 bits per heavy atom. The fourth-order valence-electron chi connectivity index (χ4n) is 3.28. The lowest BCUT2D eigenvalue weighted by atomic mass is 10.1. The molecule has 2 aliphatic heterocycles. The summed E-state index contributed by atoms with van der Waals surface area (Å²) in [6, 6.07) is 7.15. The molecule has 0 bridgehead atoms. The highest BCUT2D eigenvalue weighted by Gasteiger charge is 2.32. The van der Waals surface area contributed by atoms with Crippen molar-refractivity contribution in [2.45, 2.75) is 0 Å². The average molecular weight is 380 g/mol. The minimum absolute atomic E-state index is 0.0983. The summed E-state index contributed by atoms with van der Waals surface area (Å²) in [7, 11) is 1.55. The van der Waals surface area contributed by atoms with E-state index in [1.165, 1.54) is 6.20 Å². The smallest absolute Gasteiger partial charge is 0.191 e. The summed E-state index contributed by atoms with van der Waals surface area (Å²) in [6.07, 6.45) is 4.71. The van der Waals surface area contributed by atoms with Gasteiger partial charge in [-0.1, -0.05) is 0 Å². The number of aliphatic imine (C=N–C) groups is 1. The Morgan fingerprint density at radius 2 is 2.29 bits per heavy atom. The van der Waals surface area contributed by atoms with Gasteiger partial charge in [0.15, 0.2) is 17.3 Å². The van der Waals surface area contributed by atoms with Crippen molar-refractivity contribution in [2.75, 3.05) is 38.7 Å². The molecule has 1 aromatic heterocycles. The van der Waals surface area contributed by atoms with E-state index in [2.05, 4.69) is 15.3 Å². The SMILES string of the molecule is COc1c(OCCO)ccc2c1NC(=CC(=O)c1cccnc1)N1CCN=C21. The number of fused-ring (bicyclic) bond motifs is 3. The molecule has 3 heterocycles. The normalized spacial score (nSPS) is 16.1. The first-order valence-corrected chi connectivity index (χ1v) is 8.93. The second-order valence-electron chi connectivity index (χ2n) is 6.21. The van der Waals surface area contributed by atoms with Gasteiger partial charge in [-0.15, -0.1) is 0 Å². The molecule has 0 radical (unpaired) electrons. The van der Waals surface area contributed by atoms with Crippen LogP contribution in [-0.2, 0) is 0 Å². The van der Waals surface area contributed by atoms with E-state index in [0.29, 0.717) is 41.7 Å². The first-order valence-electron chi connectivity index (χ1n) is 8.93. The monoisotopic (exact) mass is 380 g/mol. The van der Waals surface area contributed by atoms with Crippen molar-refractivity contribution in [1.82, 2.24) is 9.88 Å². The number of ketones is 1. The molecule has 2 aromatic rings. The van der Waals surface area contributed by atoms with Crippen molar-refractivity contribution in [3.05, 3.63) is 59.7 Å². The molecule has 0 spiro atoms. The lowest BCUT2D eigenvalue weighted by molar-refractivity contribution is 0.104. The zero-order valence-electron chi connectivity index (χ0n) is 15.4. The Labute approximate surface area is 162 Å². The largest absolute Gasteiger partial charge is 0.491 e. The number of carbonyl (C=O) groups is 1. The van der Waals surface area contributed by atoms with Crippen molar-refractivity contribution in [1.29, 1.82) is 0 Å². The van der Waals surface area contributed by atoms with Gasteiger partial charge < -0.3 is 24.8 Å². The lowest BCUT2D eigenvalue weighted by Crippen LogP contribution is -2.36. The number of aliphatic hydroxyl groups excluding tert-OH is 1. The Hall–Kier alpha value is -3.39. The van der Waals surface area contributed by atoms with E-state index in [0.717, 1.165) is 11.4 Å². The Morgan fingerprint density at radius 3 is 3.04 bits per heavy atom. The summed E-state index contributed by atoms with van der Waals surface area (Å²) in [5.41, 5.74) is 2.06. The summed E-state index contributed by atoms with van der Waals surface area (Å²) in [5, 5.41) is 12.3. The molecule has 4 rings (SSSR count). The number of allylic oxidation sites excluding steroid dienone is 1. The number of rotatable bonds is 6. The van der Waals surface area contributed by atoms with Gasteiger partial charge in [0.25, 0.3) is 0 Å². The number of benzene rings is 1. The molecule has 28 heavy (non-hydrogen) atoms. The molecule has 1 aromatic carbocycles. The molecule has 2 N–H and O–H groups in total. The fraction of sp³-hybridized carbons (Fsp3) is 0.250. The van der Waals surface area contributed by atoms with E-state index in [4.69, 9.17) is 14.6 Å². The van der Waals surface area contributed by atoms with Crippen LogP contribution in [0.4, 0.5) is 5.69 Å².